The van der Waals surface area contributed by atoms with Gasteiger partial charge in [0.1, 0.15) is 5.82 Å². The van der Waals surface area contributed by atoms with Crippen LogP contribution < -0.4 is 4.90 Å². The lowest BCUT2D eigenvalue weighted by molar-refractivity contribution is 0.0575. The summed E-state index contributed by atoms with van der Waals surface area (Å²) in [6.45, 7) is 4.43. The van der Waals surface area contributed by atoms with Gasteiger partial charge in [-0.15, -0.1) is 0 Å². The third-order valence-corrected chi connectivity index (χ3v) is 3.42. The minimum atomic E-state index is -0.487. The van der Waals surface area contributed by atoms with Crippen LogP contribution in [0.2, 0.25) is 0 Å². The number of rotatable bonds is 4. The summed E-state index contributed by atoms with van der Waals surface area (Å²) in [5, 5.41) is 9.77. The van der Waals surface area contributed by atoms with Gasteiger partial charge in [0.05, 0.1) is 12.7 Å². The van der Waals surface area contributed by atoms with E-state index in [1.807, 2.05) is 19.2 Å². The standard InChI is InChI=1S/C14H22N2O2/c1-11(17)13-6-3-7-15-14(13)16(2)9-12-5-4-8-18-10-12/h3,6-7,11-12,17H,4-5,8-10H2,1-2H3/t11-,12?/m1/s1. The van der Waals surface area contributed by atoms with Gasteiger partial charge in [0.15, 0.2) is 0 Å². The van der Waals surface area contributed by atoms with Crippen LogP contribution in [0.4, 0.5) is 5.82 Å². The van der Waals surface area contributed by atoms with Crippen molar-refractivity contribution >= 4 is 5.82 Å². The summed E-state index contributed by atoms with van der Waals surface area (Å²) in [5.74, 6) is 1.44. The Morgan fingerprint density at radius 2 is 2.44 bits per heavy atom. The molecule has 1 saturated heterocycles. The lowest BCUT2D eigenvalue weighted by atomic mass is 10.0. The Kier molecular flexibility index (Phi) is 4.55. The normalized spacial score (nSPS) is 21.6. The average molecular weight is 250 g/mol. The predicted molar refractivity (Wildman–Crippen MR) is 71.7 cm³/mol. The molecule has 0 bridgehead atoms. The molecule has 1 aromatic rings. The van der Waals surface area contributed by atoms with Gasteiger partial charge >= 0.3 is 0 Å². The van der Waals surface area contributed by atoms with E-state index in [1.54, 1.807) is 13.1 Å². The molecular formula is C14H22N2O2. The molecule has 1 aliphatic rings. The maximum atomic E-state index is 9.77. The first-order valence-corrected chi connectivity index (χ1v) is 6.60. The van der Waals surface area contributed by atoms with Crippen LogP contribution in [-0.2, 0) is 4.74 Å². The van der Waals surface area contributed by atoms with Gasteiger partial charge < -0.3 is 14.7 Å². The van der Waals surface area contributed by atoms with Gasteiger partial charge in [-0.25, -0.2) is 4.98 Å². The van der Waals surface area contributed by atoms with Gasteiger partial charge in [-0.1, -0.05) is 6.07 Å². The third-order valence-electron chi connectivity index (χ3n) is 3.42. The Bertz CT molecular complexity index is 376. The van der Waals surface area contributed by atoms with E-state index in [0.717, 1.165) is 37.6 Å². The number of hydrogen-bond acceptors (Lipinski definition) is 4. The van der Waals surface area contributed by atoms with Crippen molar-refractivity contribution in [2.75, 3.05) is 31.7 Å². The molecule has 0 saturated carbocycles. The van der Waals surface area contributed by atoms with Crippen LogP contribution in [0, 0.1) is 5.92 Å². The van der Waals surface area contributed by atoms with Crippen molar-refractivity contribution in [3.63, 3.8) is 0 Å². The SMILES string of the molecule is C[C@@H](O)c1cccnc1N(C)CC1CCCOC1. The van der Waals surface area contributed by atoms with Crippen molar-refractivity contribution in [1.82, 2.24) is 4.98 Å². The molecule has 2 heterocycles. The van der Waals surface area contributed by atoms with Gasteiger partial charge in [0.25, 0.3) is 0 Å². The molecule has 4 heteroatoms. The van der Waals surface area contributed by atoms with Gasteiger partial charge in [-0.2, -0.15) is 0 Å². The van der Waals surface area contributed by atoms with Crippen LogP contribution in [0.5, 0.6) is 0 Å². The maximum Gasteiger partial charge on any atom is 0.134 e. The van der Waals surface area contributed by atoms with Crippen molar-refractivity contribution in [1.29, 1.82) is 0 Å². The Labute approximate surface area is 109 Å². The van der Waals surface area contributed by atoms with E-state index in [-0.39, 0.29) is 0 Å². The summed E-state index contributed by atoms with van der Waals surface area (Å²) in [4.78, 5) is 6.52. The van der Waals surface area contributed by atoms with Crippen molar-refractivity contribution in [3.8, 4) is 0 Å². The number of aromatic nitrogens is 1. The highest BCUT2D eigenvalue weighted by Crippen LogP contribution is 2.24. The van der Waals surface area contributed by atoms with Crippen LogP contribution in [0.1, 0.15) is 31.4 Å². The zero-order valence-corrected chi connectivity index (χ0v) is 11.2. The van der Waals surface area contributed by atoms with E-state index >= 15 is 0 Å². The maximum absolute atomic E-state index is 9.77. The average Bonchev–Trinajstić information content (AvgIpc) is 2.40. The second-order valence-electron chi connectivity index (χ2n) is 5.06. The summed E-state index contributed by atoms with van der Waals surface area (Å²) in [5.41, 5.74) is 0.886. The third kappa shape index (κ3) is 3.21. The Balaban J connectivity index is 2.05. The summed E-state index contributed by atoms with van der Waals surface area (Å²) in [6, 6.07) is 3.80. The molecule has 2 rings (SSSR count). The monoisotopic (exact) mass is 250 g/mol. The Morgan fingerprint density at radius 3 is 3.11 bits per heavy atom. The molecular weight excluding hydrogens is 228 g/mol. The molecule has 2 atom stereocenters. The van der Waals surface area contributed by atoms with Crippen molar-refractivity contribution in [2.45, 2.75) is 25.9 Å². The minimum absolute atomic E-state index is 0.487. The largest absolute Gasteiger partial charge is 0.389 e. The number of aliphatic hydroxyl groups is 1. The quantitative estimate of drug-likeness (QED) is 0.887. The van der Waals surface area contributed by atoms with Crippen LogP contribution in [0.3, 0.4) is 0 Å². The highest BCUT2D eigenvalue weighted by Gasteiger charge is 2.19. The number of hydrogen-bond donors (Lipinski definition) is 1. The van der Waals surface area contributed by atoms with Gasteiger partial charge in [-0.05, 0) is 31.7 Å². The number of anilines is 1. The van der Waals surface area contributed by atoms with E-state index < -0.39 is 6.10 Å². The van der Waals surface area contributed by atoms with Gasteiger partial charge in [0.2, 0.25) is 0 Å². The molecule has 0 aliphatic carbocycles. The van der Waals surface area contributed by atoms with Crippen LogP contribution in [0.15, 0.2) is 18.3 Å². The van der Waals surface area contributed by atoms with Crippen molar-refractivity contribution in [3.05, 3.63) is 23.9 Å². The second-order valence-corrected chi connectivity index (χ2v) is 5.06. The van der Waals surface area contributed by atoms with Gasteiger partial charge in [-0.3, -0.25) is 0 Å². The zero-order valence-electron chi connectivity index (χ0n) is 11.2. The van der Waals surface area contributed by atoms with Gasteiger partial charge in [0, 0.05) is 32.0 Å². The Hall–Kier alpha value is -1.13. The van der Waals surface area contributed by atoms with E-state index in [1.165, 1.54) is 6.42 Å². The molecule has 1 aliphatic heterocycles. The fourth-order valence-electron chi connectivity index (χ4n) is 2.48. The molecule has 1 aromatic heterocycles. The fourth-order valence-corrected chi connectivity index (χ4v) is 2.48. The first-order valence-electron chi connectivity index (χ1n) is 6.60. The lowest BCUT2D eigenvalue weighted by Gasteiger charge is -2.29. The molecule has 0 radical (unpaired) electrons. The molecule has 4 nitrogen and oxygen atoms in total. The fraction of sp³-hybridized carbons (Fsp3) is 0.643. The van der Waals surface area contributed by atoms with Crippen LogP contribution in [-0.4, -0.2) is 36.9 Å². The molecule has 0 aromatic carbocycles. The highest BCUT2D eigenvalue weighted by atomic mass is 16.5. The minimum Gasteiger partial charge on any atom is -0.389 e. The summed E-state index contributed by atoms with van der Waals surface area (Å²) in [7, 11) is 2.03. The molecule has 1 N–H and O–H groups in total. The second kappa shape index (κ2) is 6.16. The van der Waals surface area contributed by atoms with Crippen molar-refractivity contribution < 1.29 is 9.84 Å². The summed E-state index contributed by atoms with van der Waals surface area (Å²) in [6.07, 6.45) is 3.64. The molecule has 1 fully saturated rings. The van der Waals surface area contributed by atoms with Crippen LogP contribution in [0.25, 0.3) is 0 Å². The van der Waals surface area contributed by atoms with Crippen LogP contribution >= 0.6 is 0 Å². The van der Waals surface area contributed by atoms with E-state index in [9.17, 15) is 5.11 Å². The molecule has 0 spiro atoms. The lowest BCUT2D eigenvalue weighted by Crippen LogP contribution is -2.32. The number of pyridine rings is 1. The summed E-state index contributed by atoms with van der Waals surface area (Å²) >= 11 is 0. The van der Waals surface area contributed by atoms with E-state index in [4.69, 9.17) is 4.74 Å². The van der Waals surface area contributed by atoms with E-state index in [2.05, 4.69) is 9.88 Å². The summed E-state index contributed by atoms with van der Waals surface area (Å²) < 4.78 is 5.50. The molecule has 18 heavy (non-hydrogen) atoms. The Morgan fingerprint density at radius 1 is 1.61 bits per heavy atom. The first kappa shape index (κ1) is 13.3. The highest BCUT2D eigenvalue weighted by molar-refractivity contribution is 5.47. The molecule has 1 unspecified atom stereocenters. The van der Waals surface area contributed by atoms with E-state index in [0.29, 0.717) is 5.92 Å². The smallest absolute Gasteiger partial charge is 0.134 e. The number of ether oxygens (including phenoxy) is 1. The topological polar surface area (TPSA) is 45.6 Å². The molecule has 0 amide bonds. The number of nitrogens with zero attached hydrogens (tertiary/aromatic N) is 2. The van der Waals surface area contributed by atoms with Crippen molar-refractivity contribution in [2.24, 2.45) is 5.92 Å². The molecule has 100 valence electrons. The number of aliphatic hydroxyl groups excluding tert-OH is 1. The predicted octanol–water partition coefficient (Wildman–Crippen LogP) is 2.00. The zero-order chi connectivity index (χ0) is 13.0. The first-order chi connectivity index (χ1) is 8.68.